The Kier molecular flexibility index (Phi) is 3.08. The van der Waals surface area contributed by atoms with Gasteiger partial charge >= 0.3 is 0 Å². The van der Waals surface area contributed by atoms with Gasteiger partial charge in [0.15, 0.2) is 0 Å². The molecule has 0 heterocycles. The van der Waals surface area contributed by atoms with Crippen LogP contribution >= 0.6 is 0 Å². The zero-order valence-electron chi connectivity index (χ0n) is 7.55. The van der Waals surface area contributed by atoms with Crippen LogP contribution in [0, 0.1) is 4.78 Å². The second-order valence-electron chi connectivity index (χ2n) is 3.73. The Bertz CT molecular complexity index is 211. The van der Waals surface area contributed by atoms with Crippen LogP contribution in [0.1, 0.15) is 27.7 Å². The van der Waals surface area contributed by atoms with Gasteiger partial charge < -0.3 is 5.11 Å². The minimum absolute atomic E-state index is 0.0532. The predicted octanol–water partition coefficient (Wildman–Crippen LogP) is 1.21. The van der Waals surface area contributed by atoms with Gasteiger partial charge in [-0.15, -0.1) is 0 Å². The van der Waals surface area contributed by atoms with Gasteiger partial charge in [0.25, 0.3) is 0 Å². The van der Waals surface area contributed by atoms with E-state index in [-0.39, 0.29) is 11.0 Å². The van der Waals surface area contributed by atoms with Crippen LogP contribution in [-0.2, 0) is 9.73 Å². The maximum atomic E-state index is 11.4. The summed E-state index contributed by atoms with van der Waals surface area (Å²) < 4.78 is 18.8. The lowest BCUT2D eigenvalue weighted by Crippen LogP contribution is -2.33. The first-order chi connectivity index (χ1) is 4.65. The normalized spacial score (nSPS) is 18.4. The fourth-order valence-electron chi connectivity index (χ4n) is 0.691. The first kappa shape index (κ1) is 10.9. The van der Waals surface area contributed by atoms with E-state index in [9.17, 15) is 9.32 Å². The van der Waals surface area contributed by atoms with Crippen LogP contribution in [-0.4, -0.2) is 25.9 Å². The molecule has 0 bridgehead atoms. The quantitative estimate of drug-likeness (QED) is 0.684. The van der Waals surface area contributed by atoms with Gasteiger partial charge in [-0.3, -0.25) is 4.78 Å². The van der Waals surface area contributed by atoms with Gasteiger partial charge in [-0.2, -0.15) is 0 Å². The summed E-state index contributed by atoms with van der Waals surface area (Å²) in [7, 11) is -2.61. The predicted molar refractivity (Wildman–Crippen MR) is 47.2 cm³/mol. The average Bonchev–Trinajstić information content (AvgIpc) is 1.56. The highest BCUT2D eigenvalue weighted by Gasteiger charge is 2.22. The molecule has 1 atom stereocenters. The number of hydrogen-bond acceptors (Lipinski definition) is 3. The van der Waals surface area contributed by atoms with Crippen molar-refractivity contribution in [1.29, 1.82) is 4.78 Å². The van der Waals surface area contributed by atoms with Gasteiger partial charge in [0, 0.05) is 15.0 Å². The number of rotatable bonds is 3. The fraction of sp³-hybridized carbons (Fsp3) is 1.00. The zero-order valence-corrected chi connectivity index (χ0v) is 8.36. The molecule has 0 spiro atoms. The molecule has 11 heavy (non-hydrogen) atoms. The molecule has 0 fully saturated rings. The van der Waals surface area contributed by atoms with E-state index in [1.807, 2.05) is 0 Å². The van der Waals surface area contributed by atoms with E-state index in [1.165, 1.54) is 0 Å². The summed E-state index contributed by atoms with van der Waals surface area (Å²) in [6.45, 7) is 6.62. The Labute approximate surface area is 68.8 Å². The molecule has 0 aliphatic carbocycles. The van der Waals surface area contributed by atoms with Gasteiger partial charge in [-0.1, -0.05) is 13.8 Å². The monoisotopic (exact) mass is 179 g/mol. The molecule has 3 nitrogen and oxygen atoms in total. The molecule has 0 aromatic rings. The van der Waals surface area contributed by atoms with Crippen LogP contribution in [0.2, 0.25) is 0 Å². The Morgan fingerprint density at radius 3 is 2.00 bits per heavy atom. The standard InChI is InChI=1S/C7H17NO2S/c1-6(2)11(8,10)5-7(3,4)9/h6,8-9H,5H2,1-4H3. The molecule has 4 heteroatoms. The molecule has 0 aliphatic rings. The number of aliphatic hydroxyl groups is 1. The lowest BCUT2D eigenvalue weighted by molar-refractivity contribution is 0.105. The Morgan fingerprint density at radius 2 is 1.91 bits per heavy atom. The molecule has 0 amide bonds. The average molecular weight is 179 g/mol. The summed E-state index contributed by atoms with van der Waals surface area (Å²) in [5.41, 5.74) is -0.997. The number of nitrogens with one attached hydrogen (secondary N) is 1. The van der Waals surface area contributed by atoms with Crippen molar-refractivity contribution < 1.29 is 9.32 Å². The molecule has 2 N–H and O–H groups in total. The molecule has 0 rings (SSSR count). The lowest BCUT2D eigenvalue weighted by atomic mass is 10.2. The highest BCUT2D eigenvalue weighted by atomic mass is 32.2. The molecule has 0 aliphatic heterocycles. The van der Waals surface area contributed by atoms with Gasteiger partial charge in [0.1, 0.15) is 0 Å². The van der Waals surface area contributed by atoms with Crippen LogP contribution < -0.4 is 0 Å². The molecule has 0 aromatic heterocycles. The van der Waals surface area contributed by atoms with Crippen molar-refractivity contribution in [1.82, 2.24) is 0 Å². The first-order valence-corrected chi connectivity index (χ1v) is 5.42. The molecule has 0 saturated heterocycles. The van der Waals surface area contributed by atoms with Crippen LogP contribution in [0.3, 0.4) is 0 Å². The highest BCUT2D eigenvalue weighted by Crippen LogP contribution is 2.11. The molecule has 68 valence electrons. The lowest BCUT2D eigenvalue weighted by Gasteiger charge is -2.20. The van der Waals surface area contributed by atoms with Crippen LogP contribution in [0.4, 0.5) is 0 Å². The maximum Gasteiger partial charge on any atom is 0.0715 e. The Morgan fingerprint density at radius 1 is 1.55 bits per heavy atom. The Hall–Kier alpha value is -0.0900. The summed E-state index contributed by atoms with van der Waals surface area (Å²) in [5.74, 6) is 0.0532. The smallest absolute Gasteiger partial charge is 0.0715 e. The van der Waals surface area contributed by atoms with Crippen molar-refractivity contribution in [2.24, 2.45) is 0 Å². The van der Waals surface area contributed by atoms with Crippen molar-refractivity contribution in [3.8, 4) is 0 Å². The van der Waals surface area contributed by atoms with Crippen molar-refractivity contribution >= 4 is 9.73 Å². The largest absolute Gasteiger partial charge is 0.389 e. The molecular weight excluding hydrogens is 162 g/mol. The van der Waals surface area contributed by atoms with E-state index < -0.39 is 15.3 Å². The third kappa shape index (κ3) is 4.37. The van der Waals surface area contributed by atoms with Gasteiger partial charge in [0.05, 0.1) is 11.4 Å². The minimum Gasteiger partial charge on any atom is -0.389 e. The fourth-order valence-corrected chi connectivity index (χ4v) is 2.07. The van der Waals surface area contributed by atoms with E-state index in [2.05, 4.69) is 0 Å². The minimum atomic E-state index is -2.61. The van der Waals surface area contributed by atoms with Gasteiger partial charge in [-0.05, 0) is 13.8 Å². The first-order valence-electron chi connectivity index (χ1n) is 3.63. The zero-order chi connectivity index (χ0) is 9.28. The van der Waals surface area contributed by atoms with Crippen molar-refractivity contribution in [3.05, 3.63) is 0 Å². The third-order valence-electron chi connectivity index (χ3n) is 1.33. The van der Waals surface area contributed by atoms with Crippen molar-refractivity contribution in [2.45, 2.75) is 38.5 Å². The molecule has 1 unspecified atom stereocenters. The highest BCUT2D eigenvalue weighted by molar-refractivity contribution is 7.93. The maximum absolute atomic E-state index is 11.4. The van der Waals surface area contributed by atoms with E-state index >= 15 is 0 Å². The van der Waals surface area contributed by atoms with Crippen molar-refractivity contribution in [3.63, 3.8) is 0 Å². The molecule has 0 saturated carbocycles. The summed E-state index contributed by atoms with van der Waals surface area (Å²) in [4.78, 5) is 0. The molecule has 0 aromatic carbocycles. The van der Waals surface area contributed by atoms with Crippen LogP contribution in [0.25, 0.3) is 0 Å². The van der Waals surface area contributed by atoms with Crippen LogP contribution in [0.15, 0.2) is 0 Å². The molecular formula is C7H17NO2S. The topological polar surface area (TPSA) is 61.2 Å². The second-order valence-corrected chi connectivity index (χ2v) is 6.42. The van der Waals surface area contributed by atoms with Gasteiger partial charge in [-0.25, -0.2) is 4.21 Å². The molecule has 0 radical (unpaired) electrons. The summed E-state index contributed by atoms with van der Waals surface area (Å²) in [6.07, 6.45) is 0. The summed E-state index contributed by atoms with van der Waals surface area (Å²) in [6, 6.07) is 0. The van der Waals surface area contributed by atoms with E-state index in [0.717, 1.165) is 0 Å². The van der Waals surface area contributed by atoms with E-state index in [0.29, 0.717) is 0 Å². The van der Waals surface area contributed by atoms with Gasteiger partial charge in [0.2, 0.25) is 0 Å². The number of hydrogen-bond donors (Lipinski definition) is 2. The van der Waals surface area contributed by atoms with Crippen LogP contribution in [0.5, 0.6) is 0 Å². The summed E-state index contributed by atoms with van der Waals surface area (Å²) in [5, 5.41) is 9.12. The van der Waals surface area contributed by atoms with Crippen molar-refractivity contribution in [2.75, 3.05) is 5.75 Å². The second kappa shape index (κ2) is 3.11. The summed E-state index contributed by atoms with van der Waals surface area (Å²) >= 11 is 0. The van der Waals surface area contributed by atoms with E-state index in [4.69, 9.17) is 4.78 Å². The third-order valence-corrected chi connectivity index (χ3v) is 3.99. The van der Waals surface area contributed by atoms with E-state index in [1.54, 1.807) is 27.7 Å². The Balaban J connectivity index is 4.40. The SMILES string of the molecule is CC(C)S(=N)(=O)CC(C)(C)O.